The molecule has 1 heteroatoms. The molecule has 2 rings (SSSR count). The summed E-state index contributed by atoms with van der Waals surface area (Å²) in [5.74, 6) is 0.806. The molecule has 1 aromatic rings. The summed E-state index contributed by atoms with van der Waals surface area (Å²) >= 11 is 0. The highest BCUT2D eigenvalue weighted by Gasteiger charge is 2.42. The van der Waals surface area contributed by atoms with Crippen LogP contribution < -0.4 is 5.32 Å². The molecule has 2 unspecified atom stereocenters. The van der Waals surface area contributed by atoms with Crippen LogP contribution in [0, 0.1) is 5.92 Å². The van der Waals surface area contributed by atoms with Gasteiger partial charge in [0, 0.05) is 11.5 Å². The fraction of sp³-hybridized carbons (Fsp3) is 0.700. The Kier molecular flexibility index (Phi) is 6.29. The van der Waals surface area contributed by atoms with Crippen LogP contribution in [-0.2, 0) is 5.41 Å². The molecule has 0 bridgehead atoms. The predicted octanol–water partition coefficient (Wildman–Crippen LogP) is 5.30. The summed E-state index contributed by atoms with van der Waals surface area (Å²) in [5.41, 5.74) is 1.94. The summed E-state index contributed by atoms with van der Waals surface area (Å²) in [4.78, 5) is 0. The second-order valence-corrected chi connectivity index (χ2v) is 6.99. The van der Waals surface area contributed by atoms with Crippen LogP contribution >= 0.6 is 0 Å². The lowest BCUT2D eigenvalue weighted by atomic mass is 9.70. The van der Waals surface area contributed by atoms with Crippen LogP contribution in [-0.4, -0.2) is 12.6 Å². The van der Waals surface area contributed by atoms with Gasteiger partial charge in [-0.3, -0.25) is 0 Å². The molecule has 1 aliphatic carbocycles. The first-order chi connectivity index (χ1) is 10.2. The molecule has 1 saturated carbocycles. The number of benzene rings is 1. The summed E-state index contributed by atoms with van der Waals surface area (Å²) in [5, 5.41) is 3.92. The van der Waals surface area contributed by atoms with Gasteiger partial charge in [-0.05, 0) is 43.7 Å². The zero-order valence-corrected chi connectivity index (χ0v) is 14.2. The molecule has 0 saturated heterocycles. The Morgan fingerprint density at radius 1 is 1.10 bits per heavy atom. The van der Waals surface area contributed by atoms with Gasteiger partial charge in [0.05, 0.1) is 0 Å². The van der Waals surface area contributed by atoms with E-state index < -0.39 is 0 Å². The van der Waals surface area contributed by atoms with E-state index in [0.717, 1.165) is 12.5 Å². The molecule has 1 fully saturated rings. The molecule has 0 heterocycles. The molecule has 0 radical (unpaired) electrons. The highest BCUT2D eigenvalue weighted by molar-refractivity contribution is 5.29. The SMILES string of the molecule is CCCNC(CC(C)CC)C1(c2ccccc2)CCCC1. The van der Waals surface area contributed by atoms with Crippen molar-refractivity contribution in [2.45, 2.75) is 77.2 Å². The number of hydrogen-bond acceptors (Lipinski definition) is 1. The Bertz CT molecular complexity index is 392. The molecule has 118 valence electrons. The van der Waals surface area contributed by atoms with Gasteiger partial charge in [-0.25, -0.2) is 0 Å². The average molecular weight is 287 g/mol. The van der Waals surface area contributed by atoms with E-state index in [1.807, 2.05) is 0 Å². The number of nitrogens with one attached hydrogen (secondary N) is 1. The van der Waals surface area contributed by atoms with Crippen molar-refractivity contribution in [3.8, 4) is 0 Å². The van der Waals surface area contributed by atoms with Crippen LogP contribution in [0.25, 0.3) is 0 Å². The van der Waals surface area contributed by atoms with Crippen LogP contribution in [0.3, 0.4) is 0 Å². The maximum absolute atomic E-state index is 3.92. The lowest BCUT2D eigenvalue weighted by molar-refractivity contribution is 0.251. The third kappa shape index (κ3) is 3.88. The fourth-order valence-corrected chi connectivity index (χ4v) is 4.01. The van der Waals surface area contributed by atoms with Gasteiger partial charge in [0.15, 0.2) is 0 Å². The van der Waals surface area contributed by atoms with Gasteiger partial charge in [-0.1, -0.05) is 70.4 Å². The minimum absolute atomic E-state index is 0.375. The van der Waals surface area contributed by atoms with Gasteiger partial charge >= 0.3 is 0 Å². The third-order valence-electron chi connectivity index (χ3n) is 5.49. The minimum Gasteiger partial charge on any atom is -0.313 e. The van der Waals surface area contributed by atoms with Crippen LogP contribution in [0.4, 0.5) is 0 Å². The van der Waals surface area contributed by atoms with E-state index >= 15 is 0 Å². The Morgan fingerprint density at radius 3 is 2.33 bits per heavy atom. The van der Waals surface area contributed by atoms with E-state index in [2.05, 4.69) is 56.4 Å². The van der Waals surface area contributed by atoms with Gasteiger partial charge in [0.2, 0.25) is 0 Å². The van der Waals surface area contributed by atoms with Crippen molar-refractivity contribution < 1.29 is 0 Å². The Hall–Kier alpha value is -0.820. The Balaban J connectivity index is 2.27. The standard InChI is InChI=1S/C20H33N/c1-4-15-21-19(16-17(3)5-2)20(13-9-10-14-20)18-11-7-6-8-12-18/h6-8,11-12,17,19,21H,4-5,9-10,13-16H2,1-3H3. The summed E-state index contributed by atoms with van der Waals surface area (Å²) in [6.07, 6.45) is 9.31. The topological polar surface area (TPSA) is 12.0 Å². The molecular weight excluding hydrogens is 254 g/mol. The predicted molar refractivity (Wildman–Crippen MR) is 92.7 cm³/mol. The largest absolute Gasteiger partial charge is 0.313 e. The molecular formula is C20H33N. The summed E-state index contributed by atoms with van der Waals surface area (Å²) < 4.78 is 0. The van der Waals surface area contributed by atoms with Crippen molar-refractivity contribution in [3.05, 3.63) is 35.9 Å². The van der Waals surface area contributed by atoms with E-state index in [1.165, 1.54) is 44.9 Å². The van der Waals surface area contributed by atoms with Crippen LogP contribution in [0.1, 0.15) is 71.3 Å². The molecule has 0 aromatic heterocycles. The molecule has 1 aliphatic rings. The molecule has 0 aliphatic heterocycles. The fourth-order valence-electron chi connectivity index (χ4n) is 4.01. The Labute approximate surface area is 131 Å². The first-order valence-corrected chi connectivity index (χ1v) is 9.02. The van der Waals surface area contributed by atoms with E-state index in [0.29, 0.717) is 11.5 Å². The van der Waals surface area contributed by atoms with Crippen molar-refractivity contribution in [1.29, 1.82) is 0 Å². The first kappa shape index (κ1) is 16.5. The van der Waals surface area contributed by atoms with Crippen molar-refractivity contribution in [3.63, 3.8) is 0 Å². The smallest absolute Gasteiger partial charge is 0.0166 e. The number of hydrogen-bond donors (Lipinski definition) is 1. The average Bonchev–Trinajstić information content (AvgIpc) is 3.02. The van der Waals surface area contributed by atoms with Crippen LogP contribution in [0.2, 0.25) is 0 Å². The molecule has 1 aromatic carbocycles. The minimum atomic E-state index is 0.375. The maximum atomic E-state index is 3.92. The van der Waals surface area contributed by atoms with Gasteiger partial charge in [-0.2, -0.15) is 0 Å². The van der Waals surface area contributed by atoms with Crippen molar-refractivity contribution in [2.75, 3.05) is 6.54 Å². The van der Waals surface area contributed by atoms with Gasteiger partial charge in [0.1, 0.15) is 0 Å². The van der Waals surface area contributed by atoms with E-state index in [9.17, 15) is 0 Å². The second kappa shape index (κ2) is 7.98. The summed E-state index contributed by atoms with van der Waals surface area (Å²) in [6.45, 7) is 8.16. The van der Waals surface area contributed by atoms with Crippen LogP contribution in [0.5, 0.6) is 0 Å². The zero-order chi connectivity index (χ0) is 15.1. The van der Waals surface area contributed by atoms with Crippen molar-refractivity contribution in [2.24, 2.45) is 5.92 Å². The lowest BCUT2D eigenvalue weighted by Crippen LogP contribution is -2.48. The lowest BCUT2D eigenvalue weighted by Gasteiger charge is -2.40. The Morgan fingerprint density at radius 2 is 1.76 bits per heavy atom. The monoisotopic (exact) mass is 287 g/mol. The van der Waals surface area contributed by atoms with E-state index in [4.69, 9.17) is 0 Å². The molecule has 0 spiro atoms. The quantitative estimate of drug-likeness (QED) is 0.684. The highest BCUT2D eigenvalue weighted by Crippen LogP contribution is 2.45. The van der Waals surface area contributed by atoms with Gasteiger partial charge in [-0.15, -0.1) is 0 Å². The van der Waals surface area contributed by atoms with E-state index in [1.54, 1.807) is 5.56 Å². The van der Waals surface area contributed by atoms with Gasteiger partial charge in [0.25, 0.3) is 0 Å². The van der Waals surface area contributed by atoms with Crippen molar-refractivity contribution >= 4 is 0 Å². The van der Waals surface area contributed by atoms with Crippen LogP contribution in [0.15, 0.2) is 30.3 Å². The summed E-state index contributed by atoms with van der Waals surface area (Å²) in [6, 6.07) is 11.9. The van der Waals surface area contributed by atoms with Crippen molar-refractivity contribution in [1.82, 2.24) is 5.32 Å². The van der Waals surface area contributed by atoms with E-state index in [-0.39, 0.29) is 0 Å². The molecule has 0 amide bonds. The zero-order valence-electron chi connectivity index (χ0n) is 14.2. The summed E-state index contributed by atoms with van der Waals surface area (Å²) in [7, 11) is 0. The molecule has 1 nitrogen and oxygen atoms in total. The number of rotatable bonds is 8. The molecule has 21 heavy (non-hydrogen) atoms. The molecule has 1 N–H and O–H groups in total. The maximum Gasteiger partial charge on any atom is 0.0166 e. The first-order valence-electron chi connectivity index (χ1n) is 9.02. The normalized spacial score (nSPS) is 20.3. The molecule has 2 atom stereocenters. The van der Waals surface area contributed by atoms with Gasteiger partial charge < -0.3 is 5.32 Å². The highest BCUT2D eigenvalue weighted by atomic mass is 14.9. The second-order valence-electron chi connectivity index (χ2n) is 6.99. The third-order valence-corrected chi connectivity index (χ3v) is 5.49.